The number of hydrogen-bond donors (Lipinski definition) is 1. The number of rotatable bonds is 3. The van der Waals surface area contributed by atoms with E-state index in [1.165, 1.54) is 30.3 Å². The van der Waals surface area contributed by atoms with Crippen LogP contribution in [0.2, 0.25) is 5.02 Å². The Morgan fingerprint density at radius 3 is 2.71 bits per heavy atom. The van der Waals surface area contributed by atoms with E-state index in [-0.39, 0.29) is 24.0 Å². The van der Waals surface area contributed by atoms with Crippen LogP contribution in [0.15, 0.2) is 36.4 Å². The van der Waals surface area contributed by atoms with E-state index < -0.39 is 11.6 Å². The molecule has 5 heteroatoms. The number of ether oxygens (including phenoxy) is 1. The average molecular weight is 309 g/mol. The van der Waals surface area contributed by atoms with Gasteiger partial charge < -0.3 is 9.84 Å². The highest BCUT2D eigenvalue weighted by Crippen LogP contribution is 2.23. The van der Waals surface area contributed by atoms with Crippen molar-refractivity contribution in [2.24, 2.45) is 0 Å². The summed E-state index contributed by atoms with van der Waals surface area (Å²) in [4.78, 5) is 0. The van der Waals surface area contributed by atoms with Crippen molar-refractivity contribution < 1.29 is 18.6 Å². The zero-order chi connectivity index (χ0) is 15.2. The van der Waals surface area contributed by atoms with Gasteiger partial charge in [0.1, 0.15) is 19.0 Å². The molecule has 0 spiro atoms. The highest BCUT2D eigenvalue weighted by atomic mass is 35.5. The van der Waals surface area contributed by atoms with E-state index in [0.29, 0.717) is 11.1 Å². The van der Waals surface area contributed by atoms with Gasteiger partial charge in [0.25, 0.3) is 0 Å². The van der Waals surface area contributed by atoms with Crippen molar-refractivity contribution >= 4 is 11.6 Å². The molecule has 0 bridgehead atoms. The molecular formula is C16H11ClF2O2. The van der Waals surface area contributed by atoms with E-state index in [1.54, 1.807) is 6.07 Å². The normalized spacial score (nSPS) is 9.90. The first-order valence-corrected chi connectivity index (χ1v) is 6.44. The van der Waals surface area contributed by atoms with Gasteiger partial charge in [-0.1, -0.05) is 35.6 Å². The van der Waals surface area contributed by atoms with Crippen LogP contribution in [-0.2, 0) is 6.61 Å². The van der Waals surface area contributed by atoms with Crippen molar-refractivity contribution in [3.63, 3.8) is 0 Å². The molecule has 0 aliphatic rings. The molecule has 0 saturated carbocycles. The topological polar surface area (TPSA) is 29.5 Å². The van der Waals surface area contributed by atoms with E-state index in [0.717, 1.165) is 0 Å². The largest absolute Gasteiger partial charge is 0.486 e. The maximum atomic E-state index is 13.6. The zero-order valence-electron chi connectivity index (χ0n) is 10.9. The van der Waals surface area contributed by atoms with Crippen molar-refractivity contribution in [1.82, 2.24) is 0 Å². The van der Waals surface area contributed by atoms with Gasteiger partial charge in [-0.05, 0) is 24.3 Å². The number of halogens is 3. The molecular weight excluding hydrogens is 298 g/mol. The Morgan fingerprint density at radius 2 is 1.95 bits per heavy atom. The summed E-state index contributed by atoms with van der Waals surface area (Å²) in [5.41, 5.74) is 0.925. The van der Waals surface area contributed by atoms with Crippen molar-refractivity contribution in [3.05, 3.63) is 64.2 Å². The quantitative estimate of drug-likeness (QED) is 0.879. The van der Waals surface area contributed by atoms with Crippen LogP contribution in [0.4, 0.5) is 8.78 Å². The fourth-order valence-corrected chi connectivity index (χ4v) is 1.83. The molecule has 0 atom stereocenters. The lowest BCUT2D eigenvalue weighted by atomic mass is 10.2. The van der Waals surface area contributed by atoms with Gasteiger partial charge in [0.15, 0.2) is 11.6 Å². The van der Waals surface area contributed by atoms with Crippen molar-refractivity contribution in [2.75, 3.05) is 6.61 Å². The van der Waals surface area contributed by atoms with Crippen molar-refractivity contribution in [2.45, 2.75) is 6.61 Å². The number of benzene rings is 2. The maximum Gasteiger partial charge on any atom is 0.165 e. The number of hydrogen-bond acceptors (Lipinski definition) is 2. The molecule has 0 aromatic heterocycles. The Balaban J connectivity index is 2.17. The second-order valence-electron chi connectivity index (χ2n) is 4.11. The van der Waals surface area contributed by atoms with E-state index in [1.807, 2.05) is 0 Å². The summed E-state index contributed by atoms with van der Waals surface area (Å²) in [5, 5.41) is 8.58. The highest BCUT2D eigenvalue weighted by molar-refractivity contribution is 6.31. The van der Waals surface area contributed by atoms with Gasteiger partial charge in [0, 0.05) is 11.1 Å². The average Bonchev–Trinajstić information content (AvgIpc) is 2.49. The standard InChI is InChI=1S/C16H11ClF2O2/c17-16-12(4-1-5-14(16)19)10-21-15-9-11(3-2-8-20)6-7-13(15)18/h1,4-7,9,20H,8,10H2. The lowest BCUT2D eigenvalue weighted by molar-refractivity contribution is 0.290. The van der Waals surface area contributed by atoms with Crippen LogP contribution in [0, 0.1) is 23.5 Å². The molecule has 0 amide bonds. The Hall–Kier alpha value is -2.09. The molecule has 2 rings (SSSR count). The Bertz CT molecular complexity index is 705. The molecule has 2 aromatic rings. The van der Waals surface area contributed by atoms with Gasteiger partial charge in [0.2, 0.25) is 0 Å². The van der Waals surface area contributed by atoms with Crippen LogP contribution in [-0.4, -0.2) is 11.7 Å². The lowest BCUT2D eigenvalue weighted by Crippen LogP contribution is -1.99. The van der Waals surface area contributed by atoms with Crippen LogP contribution in [0.25, 0.3) is 0 Å². The van der Waals surface area contributed by atoms with Crippen LogP contribution in [0.5, 0.6) is 5.75 Å². The van der Waals surface area contributed by atoms with Crippen molar-refractivity contribution in [1.29, 1.82) is 0 Å². The third kappa shape index (κ3) is 3.94. The molecule has 108 valence electrons. The summed E-state index contributed by atoms with van der Waals surface area (Å²) >= 11 is 5.80. The minimum atomic E-state index is -0.558. The van der Waals surface area contributed by atoms with Crippen LogP contribution in [0.1, 0.15) is 11.1 Å². The molecule has 2 nitrogen and oxygen atoms in total. The lowest BCUT2D eigenvalue weighted by Gasteiger charge is -2.09. The van der Waals surface area contributed by atoms with Crippen LogP contribution < -0.4 is 4.74 Å². The van der Waals surface area contributed by atoms with Gasteiger partial charge in [-0.2, -0.15) is 0 Å². The monoisotopic (exact) mass is 308 g/mol. The molecule has 2 aromatic carbocycles. The van der Waals surface area contributed by atoms with Gasteiger partial charge in [0.05, 0.1) is 5.02 Å². The molecule has 0 radical (unpaired) electrons. The number of aliphatic hydroxyl groups excluding tert-OH is 1. The van der Waals surface area contributed by atoms with Gasteiger partial charge >= 0.3 is 0 Å². The minimum absolute atomic E-state index is 0.0138. The Labute approximate surface area is 125 Å². The molecule has 0 saturated heterocycles. The summed E-state index contributed by atoms with van der Waals surface area (Å²) in [6, 6.07) is 8.42. The second-order valence-corrected chi connectivity index (χ2v) is 4.48. The van der Waals surface area contributed by atoms with Crippen LogP contribution >= 0.6 is 11.6 Å². The SMILES string of the molecule is OCC#Cc1ccc(F)c(OCc2cccc(F)c2Cl)c1. The summed E-state index contributed by atoms with van der Waals surface area (Å²) in [6.45, 7) is -0.350. The molecule has 1 N–H and O–H groups in total. The van der Waals surface area contributed by atoms with E-state index in [4.69, 9.17) is 21.4 Å². The van der Waals surface area contributed by atoms with E-state index in [9.17, 15) is 8.78 Å². The van der Waals surface area contributed by atoms with Gasteiger partial charge in [-0.25, -0.2) is 8.78 Å². The molecule has 0 aliphatic carbocycles. The first-order valence-electron chi connectivity index (χ1n) is 6.07. The predicted octanol–water partition coefficient (Wildman–Crippen LogP) is 3.54. The third-order valence-corrected chi connectivity index (χ3v) is 3.08. The highest BCUT2D eigenvalue weighted by Gasteiger charge is 2.09. The summed E-state index contributed by atoms with van der Waals surface area (Å²) in [7, 11) is 0. The minimum Gasteiger partial charge on any atom is -0.486 e. The maximum absolute atomic E-state index is 13.6. The zero-order valence-corrected chi connectivity index (χ0v) is 11.6. The molecule has 21 heavy (non-hydrogen) atoms. The Morgan fingerprint density at radius 1 is 1.14 bits per heavy atom. The fraction of sp³-hybridized carbons (Fsp3) is 0.125. The van der Waals surface area contributed by atoms with Crippen molar-refractivity contribution in [3.8, 4) is 17.6 Å². The molecule has 0 unspecified atom stereocenters. The first-order chi connectivity index (χ1) is 10.1. The van der Waals surface area contributed by atoms with Crippen LogP contribution in [0.3, 0.4) is 0 Å². The molecule has 0 aliphatic heterocycles. The summed E-state index contributed by atoms with van der Waals surface area (Å²) < 4.78 is 32.3. The third-order valence-electron chi connectivity index (χ3n) is 2.66. The van der Waals surface area contributed by atoms with E-state index in [2.05, 4.69) is 11.8 Å². The molecule has 0 fully saturated rings. The van der Waals surface area contributed by atoms with Gasteiger partial charge in [-0.3, -0.25) is 0 Å². The van der Waals surface area contributed by atoms with E-state index >= 15 is 0 Å². The second kappa shape index (κ2) is 7.07. The Kier molecular flexibility index (Phi) is 5.15. The number of aliphatic hydroxyl groups is 1. The summed E-state index contributed by atoms with van der Waals surface area (Å²) in [5.74, 6) is 3.98. The predicted molar refractivity (Wildman–Crippen MR) is 76.1 cm³/mol. The first kappa shape index (κ1) is 15.3. The summed E-state index contributed by atoms with van der Waals surface area (Å²) in [6.07, 6.45) is 0. The molecule has 0 heterocycles. The fourth-order valence-electron chi connectivity index (χ4n) is 1.65. The smallest absolute Gasteiger partial charge is 0.165 e. The van der Waals surface area contributed by atoms with Gasteiger partial charge in [-0.15, -0.1) is 0 Å².